The van der Waals surface area contributed by atoms with Gasteiger partial charge in [-0.25, -0.2) is 4.57 Å². The molecule has 0 aliphatic carbocycles. The van der Waals surface area contributed by atoms with Crippen molar-refractivity contribution in [1.29, 1.82) is 0 Å². The minimum absolute atomic E-state index is 0.00602. The highest BCUT2D eigenvalue weighted by atomic mass is 19.4. The number of para-hydroxylation sites is 2. The van der Waals surface area contributed by atoms with E-state index in [0.717, 1.165) is 6.33 Å². The molecule has 86 valence electrons. The van der Waals surface area contributed by atoms with Gasteiger partial charge in [-0.05, 0) is 26.0 Å². The molecular formula is C11H12F3N2+. The smallest absolute Gasteiger partial charge is 0.227 e. The molecule has 2 rings (SSSR count). The molecule has 0 amide bonds. The van der Waals surface area contributed by atoms with Crippen LogP contribution in [-0.2, 0) is 6.30 Å². The zero-order valence-electron chi connectivity index (χ0n) is 8.99. The Morgan fingerprint density at radius 1 is 1.19 bits per heavy atom. The van der Waals surface area contributed by atoms with E-state index in [4.69, 9.17) is 0 Å². The molecule has 0 fully saturated rings. The first-order valence-electron chi connectivity index (χ1n) is 4.99. The molecule has 0 saturated heterocycles. The molecule has 16 heavy (non-hydrogen) atoms. The lowest BCUT2D eigenvalue weighted by Gasteiger charge is -2.00. The van der Waals surface area contributed by atoms with Gasteiger partial charge in [0.25, 0.3) is 6.33 Å². The number of hydrogen-bond donors (Lipinski definition) is 0. The SMILES string of the molecule is CC(C)[n+]1cn(C(F)(F)F)c2ccccc21. The van der Waals surface area contributed by atoms with Crippen molar-refractivity contribution in [1.82, 2.24) is 4.57 Å². The first-order chi connectivity index (χ1) is 7.41. The van der Waals surface area contributed by atoms with Gasteiger partial charge in [0.05, 0.1) is 6.04 Å². The lowest BCUT2D eigenvalue weighted by molar-refractivity contribution is -0.693. The number of halogens is 3. The minimum atomic E-state index is -4.38. The summed E-state index contributed by atoms with van der Waals surface area (Å²) < 4.78 is 40.2. The highest BCUT2D eigenvalue weighted by molar-refractivity contribution is 5.71. The molecule has 0 bridgehead atoms. The van der Waals surface area contributed by atoms with Crippen LogP contribution in [-0.4, -0.2) is 4.57 Å². The van der Waals surface area contributed by atoms with Crippen LogP contribution >= 0.6 is 0 Å². The van der Waals surface area contributed by atoms with Crippen LogP contribution in [0.3, 0.4) is 0 Å². The van der Waals surface area contributed by atoms with Gasteiger partial charge in [0, 0.05) is 0 Å². The molecule has 0 aliphatic rings. The van der Waals surface area contributed by atoms with Gasteiger partial charge in [0.2, 0.25) is 0 Å². The van der Waals surface area contributed by atoms with Gasteiger partial charge in [-0.2, -0.15) is 0 Å². The Morgan fingerprint density at radius 3 is 2.38 bits per heavy atom. The fourth-order valence-electron chi connectivity index (χ4n) is 1.75. The van der Waals surface area contributed by atoms with Crippen LogP contribution in [0.4, 0.5) is 13.2 Å². The Morgan fingerprint density at radius 2 is 1.81 bits per heavy atom. The molecule has 2 aromatic rings. The molecule has 0 spiro atoms. The van der Waals surface area contributed by atoms with E-state index in [9.17, 15) is 13.2 Å². The van der Waals surface area contributed by atoms with Gasteiger partial charge in [0.1, 0.15) is 0 Å². The maximum Gasteiger partial charge on any atom is 0.567 e. The molecule has 0 radical (unpaired) electrons. The van der Waals surface area contributed by atoms with Crippen LogP contribution in [0.25, 0.3) is 11.0 Å². The van der Waals surface area contributed by atoms with Crippen molar-refractivity contribution in [3.05, 3.63) is 30.6 Å². The third-order valence-corrected chi connectivity index (χ3v) is 2.49. The Labute approximate surface area is 90.9 Å². The van der Waals surface area contributed by atoms with E-state index >= 15 is 0 Å². The fraction of sp³-hybridized carbons (Fsp3) is 0.364. The number of fused-ring (bicyclic) bond motifs is 1. The number of alkyl halides is 3. The second kappa shape index (κ2) is 3.50. The molecule has 0 saturated carbocycles. The normalized spacial score (nSPS) is 12.6. The number of hydrogen-bond acceptors (Lipinski definition) is 0. The van der Waals surface area contributed by atoms with Gasteiger partial charge >= 0.3 is 6.30 Å². The number of imidazole rings is 1. The summed E-state index contributed by atoms with van der Waals surface area (Å²) in [6.07, 6.45) is -3.27. The molecule has 5 heteroatoms. The average Bonchev–Trinajstić information content (AvgIpc) is 2.56. The monoisotopic (exact) mass is 229 g/mol. The van der Waals surface area contributed by atoms with Crippen molar-refractivity contribution in [2.24, 2.45) is 0 Å². The summed E-state index contributed by atoms with van der Waals surface area (Å²) in [5.74, 6) is 0. The molecule has 0 aliphatic heterocycles. The molecular weight excluding hydrogens is 217 g/mol. The zero-order chi connectivity index (χ0) is 11.9. The summed E-state index contributed by atoms with van der Waals surface area (Å²) >= 11 is 0. The van der Waals surface area contributed by atoms with Crippen LogP contribution in [0, 0.1) is 0 Å². The van der Waals surface area contributed by atoms with Crippen LogP contribution in [0.2, 0.25) is 0 Å². The summed E-state index contributed by atoms with van der Waals surface area (Å²) in [6, 6.07) is 6.50. The summed E-state index contributed by atoms with van der Waals surface area (Å²) in [6.45, 7) is 3.71. The predicted molar refractivity (Wildman–Crippen MR) is 53.8 cm³/mol. The van der Waals surface area contributed by atoms with E-state index in [1.54, 1.807) is 22.8 Å². The van der Waals surface area contributed by atoms with E-state index in [1.165, 1.54) is 6.07 Å². The second-order valence-electron chi connectivity index (χ2n) is 3.94. The van der Waals surface area contributed by atoms with Gasteiger partial charge in [0.15, 0.2) is 11.0 Å². The van der Waals surface area contributed by atoms with Gasteiger partial charge in [-0.15, -0.1) is 17.7 Å². The largest absolute Gasteiger partial charge is 0.567 e. The van der Waals surface area contributed by atoms with Gasteiger partial charge < -0.3 is 0 Å². The standard InChI is InChI=1S/C11H12F3N2/c1-8(2)15-7-16(11(12,13)14)10-6-4-3-5-9(10)15/h3-8H,1-2H3/q+1. The molecule has 1 aromatic carbocycles. The summed E-state index contributed by atoms with van der Waals surface area (Å²) in [5.41, 5.74) is 0.776. The first kappa shape index (κ1) is 11.0. The summed E-state index contributed by atoms with van der Waals surface area (Å²) in [4.78, 5) is 0. The lowest BCUT2D eigenvalue weighted by atomic mass is 10.3. The Kier molecular flexibility index (Phi) is 2.40. The number of benzene rings is 1. The first-order valence-corrected chi connectivity index (χ1v) is 4.99. The van der Waals surface area contributed by atoms with E-state index in [0.29, 0.717) is 10.1 Å². The van der Waals surface area contributed by atoms with Crippen molar-refractivity contribution in [3.8, 4) is 0 Å². The molecule has 1 aromatic heterocycles. The quantitative estimate of drug-likeness (QED) is 0.665. The van der Waals surface area contributed by atoms with Crippen LogP contribution < -0.4 is 4.57 Å². The van der Waals surface area contributed by atoms with Crippen molar-refractivity contribution in [2.45, 2.75) is 26.2 Å². The van der Waals surface area contributed by atoms with E-state index in [1.807, 2.05) is 13.8 Å². The van der Waals surface area contributed by atoms with Crippen molar-refractivity contribution >= 4 is 11.0 Å². The molecule has 1 heterocycles. The zero-order valence-corrected chi connectivity index (χ0v) is 8.99. The summed E-state index contributed by atoms with van der Waals surface area (Å²) in [5, 5.41) is 0. The number of rotatable bonds is 1. The molecule has 0 unspecified atom stereocenters. The Bertz CT molecular complexity index is 511. The number of aromatic nitrogens is 2. The van der Waals surface area contributed by atoms with Crippen molar-refractivity contribution in [2.75, 3.05) is 0 Å². The molecule has 0 N–H and O–H groups in total. The molecule has 2 nitrogen and oxygen atoms in total. The highest BCUT2D eigenvalue weighted by Crippen LogP contribution is 2.26. The maximum absolute atomic E-state index is 12.7. The third kappa shape index (κ3) is 1.66. The van der Waals surface area contributed by atoms with Crippen LogP contribution in [0.5, 0.6) is 0 Å². The van der Waals surface area contributed by atoms with E-state index in [2.05, 4.69) is 0 Å². The minimum Gasteiger partial charge on any atom is -0.227 e. The fourth-order valence-corrected chi connectivity index (χ4v) is 1.75. The number of nitrogens with zero attached hydrogens (tertiary/aromatic N) is 2. The Hall–Kier alpha value is -1.52. The second-order valence-corrected chi connectivity index (χ2v) is 3.94. The topological polar surface area (TPSA) is 8.81 Å². The third-order valence-electron chi connectivity index (χ3n) is 2.49. The molecule has 0 atom stereocenters. The van der Waals surface area contributed by atoms with Gasteiger partial charge in [-0.1, -0.05) is 12.1 Å². The van der Waals surface area contributed by atoms with Gasteiger partial charge in [-0.3, -0.25) is 0 Å². The maximum atomic E-state index is 12.7. The lowest BCUT2D eigenvalue weighted by Crippen LogP contribution is -2.35. The highest BCUT2D eigenvalue weighted by Gasteiger charge is 2.40. The predicted octanol–water partition coefficient (Wildman–Crippen LogP) is 2.99. The van der Waals surface area contributed by atoms with Crippen LogP contribution in [0.1, 0.15) is 19.9 Å². The van der Waals surface area contributed by atoms with Crippen molar-refractivity contribution < 1.29 is 17.7 Å². The summed E-state index contributed by atoms with van der Waals surface area (Å²) in [7, 11) is 0. The van der Waals surface area contributed by atoms with E-state index < -0.39 is 6.30 Å². The Balaban J connectivity index is 2.77. The van der Waals surface area contributed by atoms with Crippen LogP contribution in [0.15, 0.2) is 30.6 Å². The average molecular weight is 229 g/mol. The van der Waals surface area contributed by atoms with Crippen molar-refractivity contribution in [3.63, 3.8) is 0 Å². The van der Waals surface area contributed by atoms with E-state index in [-0.39, 0.29) is 11.6 Å².